The maximum atomic E-state index is 10.1. The Labute approximate surface area is 93.1 Å². The fourth-order valence-electron chi connectivity index (χ4n) is 1.24. The van der Waals surface area contributed by atoms with Gasteiger partial charge in [-0.05, 0) is 24.1 Å². The number of hydrogen-bond donors (Lipinski definition) is 2. The molecule has 16 heavy (non-hydrogen) atoms. The summed E-state index contributed by atoms with van der Waals surface area (Å²) in [4.78, 5) is 10.1. The van der Waals surface area contributed by atoms with Gasteiger partial charge in [0.25, 0.3) is 0 Å². The van der Waals surface area contributed by atoms with E-state index in [1.54, 1.807) is 7.11 Å². The van der Waals surface area contributed by atoms with Crippen LogP contribution in [0.4, 0.5) is 4.79 Å². The molecular formula is C11H13NO4. The Morgan fingerprint density at radius 2 is 2.25 bits per heavy atom. The third kappa shape index (κ3) is 4.00. The van der Waals surface area contributed by atoms with Crippen LogP contribution < -0.4 is 4.74 Å². The minimum Gasteiger partial charge on any atom is -0.497 e. The van der Waals surface area contributed by atoms with Crippen molar-refractivity contribution in [1.29, 1.82) is 5.41 Å². The summed E-state index contributed by atoms with van der Waals surface area (Å²) in [5, 5.41) is 15.5. The lowest BCUT2D eigenvalue weighted by molar-refractivity contribution is 0.139. The second-order valence-electron chi connectivity index (χ2n) is 3.14. The number of aryl methyl sites for hydroxylation is 1. The van der Waals surface area contributed by atoms with E-state index in [2.05, 4.69) is 4.74 Å². The van der Waals surface area contributed by atoms with Gasteiger partial charge in [0.2, 0.25) is 0 Å². The van der Waals surface area contributed by atoms with Crippen LogP contribution in [-0.2, 0) is 11.2 Å². The maximum absolute atomic E-state index is 10.1. The molecule has 0 aliphatic carbocycles. The lowest BCUT2D eigenvalue weighted by Crippen LogP contribution is -2.09. The van der Waals surface area contributed by atoms with Crippen LogP contribution in [0.1, 0.15) is 12.0 Å². The second kappa shape index (κ2) is 5.75. The smallest absolute Gasteiger partial charge is 0.497 e. The van der Waals surface area contributed by atoms with Crippen molar-refractivity contribution >= 4 is 12.1 Å². The summed E-state index contributed by atoms with van der Waals surface area (Å²) in [6.07, 6.45) is -0.654. The van der Waals surface area contributed by atoms with Gasteiger partial charge in [0.15, 0.2) is 5.90 Å². The Bertz CT molecular complexity index is 389. The van der Waals surface area contributed by atoms with Gasteiger partial charge in [0.05, 0.1) is 7.11 Å². The van der Waals surface area contributed by atoms with Crippen LogP contribution in [0.5, 0.6) is 5.75 Å². The number of methoxy groups -OCH3 is 1. The Balaban J connectivity index is 2.47. The highest BCUT2D eigenvalue weighted by Crippen LogP contribution is 2.14. The average Bonchev–Trinajstić information content (AvgIpc) is 2.26. The average molecular weight is 223 g/mol. The molecule has 0 spiro atoms. The largest absolute Gasteiger partial charge is 0.512 e. The van der Waals surface area contributed by atoms with Gasteiger partial charge in [-0.1, -0.05) is 12.1 Å². The van der Waals surface area contributed by atoms with Crippen molar-refractivity contribution in [3.63, 3.8) is 0 Å². The SMILES string of the molecule is COc1cccc(CCC(=N)OC(=O)O)c1. The molecule has 0 aromatic heterocycles. The monoisotopic (exact) mass is 223 g/mol. The van der Waals surface area contributed by atoms with Gasteiger partial charge in [-0.3, -0.25) is 5.41 Å². The minimum absolute atomic E-state index is 0.249. The van der Waals surface area contributed by atoms with E-state index in [-0.39, 0.29) is 12.3 Å². The summed E-state index contributed by atoms with van der Waals surface area (Å²) in [5.74, 6) is 0.485. The van der Waals surface area contributed by atoms with Crippen LogP contribution >= 0.6 is 0 Å². The predicted octanol–water partition coefficient (Wildman–Crippen LogP) is 2.30. The van der Waals surface area contributed by atoms with Gasteiger partial charge in [-0.25, -0.2) is 4.79 Å². The topological polar surface area (TPSA) is 79.6 Å². The van der Waals surface area contributed by atoms with Crippen molar-refractivity contribution in [2.75, 3.05) is 7.11 Å². The molecule has 1 aromatic rings. The molecule has 0 fully saturated rings. The van der Waals surface area contributed by atoms with Crippen LogP contribution in [0.2, 0.25) is 0 Å². The quantitative estimate of drug-likeness (QED) is 0.466. The molecule has 0 saturated carbocycles. The molecule has 0 aliphatic rings. The second-order valence-corrected chi connectivity index (χ2v) is 3.14. The molecule has 0 bridgehead atoms. The normalized spacial score (nSPS) is 9.56. The van der Waals surface area contributed by atoms with E-state index in [1.807, 2.05) is 24.3 Å². The first kappa shape index (κ1) is 12.0. The van der Waals surface area contributed by atoms with Crippen LogP contribution in [-0.4, -0.2) is 24.3 Å². The Morgan fingerprint density at radius 3 is 2.88 bits per heavy atom. The van der Waals surface area contributed by atoms with Crippen LogP contribution in [0.25, 0.3) is 0 Å². The molecule has 1 rings (SSSR count). The van der Waals surface area contributed by atoms with Gasteiger partial charge >= 0.3 is 6.16 Å². The Kier molecular flexibility index (Phi) is 4.32. The highest BCUT2D eigenvalue weighted by Gasteiger charge is 2.05. The summed E-state index contributed by atoms with van der Waals surface area (Å²) < 4.78 is 9.24. The van der Waals surface area contributed by atoms with Crippen molar-refractivity contribution < 1.29 is 19.4 Å². The van der Waals surface area contributed by atoms with Gasteiger partial charge in [-0.2, -0.15) is 0 Å². The first-order chi connectivity index (χ1) is 7.61. The summed E-state index contributed by atoms with van der Waals surface area (Å²) in [7, 11) is 1.58. The number of carbonyl (C=O) groups is 1. The third-order valence-electron chi connectivity index (χ3n) is 1.99. The van der Waals surface area contributed by atoms with E-state index in [4.69, 9.17) is 15.3 Å². The van der Waals surface area contributed by atoms with Crippen molar-refractivity contribution in [3.05, 3.63) is 29.8 Å². The standard InChI is InChI=1S/C11H13NO4/c1-15-9-4-2-3-8(7-9)5-6-10(12)16-11(13)14/h2-4,7,12H,5-6H2,1H3,(H,13,14). The van der Waals surface area contributed by atoms with Gasteiger partial charge in [-0.15, -0.1) is 0 Å². The Morgan fingerprint density at radius 1 is 1.50 bits per heavy atom. The van der Waals surface area contributed by atoms with Crippen molar-refractivity contribution in [2.24, 2.45) is 0 Å². The van der Waals surface area contributed by atoms with E-state index >= 15 is 0 Å². The summed E-state index contributed by atoms with van der Waals surface area (Å²) in [6.45, 7) is 0. The van der Waals surface area contributed by atoms with E-state index in [1.165, 1.54) is 0 Å². The first-order valence-corrected chi connectivity index (χ1v) is 4.73. The molecule has 0 heterocycles. The van der Waals surface area contributed by atoms with Crippen molar-refractivity contribution in [2.45, 2.75) is 12.8 Å². The number of benzene rings is 1. The molecule has 1 aromatic carbocycles. The Hall–Kier alpha value is -2.04. The van der Waals surface area contributed by atoms with Gasteiger partial charge in [0, 0.05) is 6.42 Å². The van der Waals surface area contributed by atoms with Gasteiger partial charge in [0.1, 0.15) is 5.75 Å². The first-order valence-electron chi connectivity index (χ1n) is 4.73. The van der Waals surface area contributed by atoms with E-state index in [0.717, 1.165) is 11.3 Å². The molecular weight excluding hydrogens is 210 g/mol. The molecule has 0 radical (unpaired) electrons. The zero-order valence-corrected chi connectivity index (χ0v) is 8.90. The molecule has 5 nitrogen and oxygen atoms in total. The predicted molar refractivity (Wildman–Crippen MR) is 58.2 cm³/mol. The molecule has 0 amide bonds. The fraction of sp³-hybridized carbons (Fsp3) is 0.273. The zero-order valence-electron chi connectivity index (χ0n) is 8.90. The van der Waals surface area contributed by atoms with Crippen molar-refractivity contribution in [3.8, 4) is 5.75 Å². The maximum Gasteiger partial charge on any atom is 0.512 e. The molecule has 0 aliphatic heterocycles. The van der Waals surface area contributed by atoms with Gasteiger partial charge < -0.3 is 14.6 Å². The van der Waals surface area contributed by atoms with Crippen LogP contribution in [0.3, 0.4) is 0 Å². The zero-order chi connectivity index (χ0) is 12.0. The number of nitrogens with one attached hydrogen (secondary N) is 1. The summed E-state index contributed by atoms with van der Waals surface area (Å²) >= 11 is 0. The lowest BCUT2D eigenvalue weighted by Gasteiger charge is -2.04. The molecule has 86 valence electrons. The van der Waals surface area contributed by atoms with Crippen LogP contribution in [0.15, 0.2) is 24.3 Å². The lowest BCUT2D eigenvalue weighted by atomic mass is 10.1. The number of carboxylic acid groups (broad SMARTS) is 1. The summed E-state index contributed by atoms with van der Waals surface area (Å²) in [6, 6.07) is 7.39. The highest BCUT2D eigenvalue weighted by atomic mass is 16.7. The van der Waals surface area contributed by atoms with E-state index in [0.29, 0.717) is 6.42 Å². The minimum atomic E-state index is -1.45. The number of rotatable bonds is 4. The molecule has 0 unspecified atom stereocenters. The number of ether oxygens (including phenoxy) is 2. The third-order valence-corrected chi connectivity index (χ3v) is 1.99. The highest BCUT2D eigenvalue weighted by molar-refractivity contribution is 5.83. The fourth-order valence-corrected chi connectivity index (χ4v) is 1.24. The summed E-state index contributed by atoms with van der Waals surface area (Å²) in [5.41, 5.74) is 0.970. The molecule has 2 N–H and O–H groups in total. The molecule has 5 heteroatoms. The molecule has 0 atom stereocenters. The van der Waals surface area contributed by atoms with Crippen molar-refractivity contribution in [1.82, 2.24) is 0 Å². The van der Waals surface area contributed by atoms with Crippen LogP contribution in [0, 0.1) is 5.41 Å². The van der Waals surface area contributed by atoms with E-state index in [9.17, 15) is 4.79 Å². The molecule has 0 saturated heterocycles. The van der Waals surface area contributed by atoms with E-state index < -0.39 is 6.16 Å². The number of hydrogen-bond acceptors (Lipinski definition) is 4.